The summed E-state index contributed by atoms with van der Waals surface area (Å²) in [5.41, 5.74) is 0. The second-order valence-electron chi connectivity index (χ2n) is 4.90. The molecule has 14 heteroatoms. The summed E-state index contributed by atoms with van der Waals surface area (Å²) in [5, 5.41) is 0. The molecule has 0 atom stereocenters. The largest absolute Gasteiger partial charge is 0.457 e. The maximum Gasteiger partial charge on any atom is 0.457 e. The molecule has 0 spiro atoms. The van der Waals surface area contributed by atoms with Crippen molar-refractivity contribution in [2.24, 2.45) is 0 Å². The highest BCUT2D eigenvalue weighted by Gasteiger charge is 2.55. The SMILES string of the molecule is O=C(OCC/C=C/C(F)(F)C(F)(F)F)C(=O)OCC/C=C/C(F)(F)C(F)(F)F. The Morgan fingerprint density at radius 2 is 0.893 bits per heavy atom. The van der Waals surface area contributed by atoms with Gasteiger partial charge in [0.25, 0.3) is 0 Å². The van der Waals surface area contributed by atoms with Gasteiger partial charge in [-0.25, -0.2) is 9.59 Å². The van der Waals surface area contributed by atoms with Crippen molar-refractivity contribution in [3.05, 3.63) is 24.3 Å². The van der Waals surface area contributed by atoms with Gasteiger partial charge in [-0.3, -0.25) is 0 Å². The molecule has 0 heterocycles. The third kappa shape index (κ3) is 8.61. The standard InChI is InChI=1S/C14H12F10O4/c15-11(16,13(19,20)21)5-1-3-7-27-9(25)10(26)28-8-4-2-6-12(17,18)14(22,23)24/h1-2,5-6H,3-4,7-8H2/b5-1+,6-2+. The molecule has 0 rings (SSSR count). The maximum atomic E-state index is 12.5. The average Bonchev–Trinajstić information content (AvgIpc) is 2.51. The number of hydrogen-bond donors (Lipinski definition) is 0. The summed E-state index contributed by atoms with van der Waals surface area (Å²) < 4.78 is 129. The predicted molar refractivity (Wildman–Crippen MR) is 71.4 cm³/mol. The van der Waals surface area contributed by atoms with Gasteiger partial charge in [0.1, 0.15) is 0 Å². The zero-order chi connectivity index (χ0) is 22.2. The van der Waals surface area contributed by atoms with Crippen LogP contribution in [-0.4, -0.2) is 49.4 Å². The Bertz CT molecular complexity index is 538. The van der Waals surface area contributed by atoms with E-state index in [9.17, 15) is 53.5 Å². The Morgan fingerprint density at radius 3 is 1.14 bits per heavy atom. The minimum absolute atomic E-state index is 0.359. The van der Waals surface area contributed by atoms with E-state index >= 15 is 0 Å². The smallest absolute Gasteiger partial charge is 0.457 e. The van der Waals surface area contributed by atoms with Crippen LogP contribution in [0.3, 0.4) is 0 Å². The number of alkyl halides is 10. The van der Waals surface area contributed by atoms with E-state index < -0.39 is 74.3 Å². The number of halogens is 10. The number of hydrogen-bond acceptors (Lipinski definition) is 4. The lowest BCUT2D eigenvalue weighted by molar-refractivity contribution is -0.259. The van der Waals surface area contributed by atoms with Gasteiger partial charge >= 0.3 is 36.1 Å². The van der Waals surface area contributed by atoms with Crippen LogP contribution < -0.4 is 0 Å². The lowest BCUT2D eigenvalue weighted by Gasteiger charge is -2.15. The van der Waals surface area contributed by atoms with Crippen molar-refractivity contribution in [2.75, 3.05) is 13.2 Å². The lowest BCUT2D eigenvalue weighted by Crippen LogP contribution is -2.34. The van der Waals surface area contributed by atoms with E-state index in [1.165, 1.54) is 0 Å². The minimum atomic E-state index is -5.80. The van der Waals surface area contributed by atoms with Crippen LogP contribution in [-0.2, 0) is 19.1 Å². The van der Waals surface area contributed by atoms with Gasteiger partial charge in [0.15, 0.2) is 0 Å². The van der Waals surface area contributed by atoms with E-state index in [2.05, 4.69) is 9.47 Å². The quantitative estimate of drug-likeness (QED) is 0.187. The Labute approximate surface area is 150 Å². The molecule has 28 heavy (non-hydrogen) atoms. The first-order valence-corrected chi connectivity index (χ1v) is 7.09. The fourth-order valence-electron chi connectivity index (χ4n) is 1.21. The number of esters is 2. The average molecular weight is 434 g/mol. The maximum absolute atomic E-state index is 12.5. The van der Waals surface area contributed by atoms with Crippen molar-refractivity contribution in [2.45, 2.75) is 37.0 Å². The number of carbonyl (C=O) groups excluding carboxylic acids is 2. The molecular formula is C14H12F10O4. The fraction of sp³-hybridized carbons (Fsp3) is 0.571. The van der Waals surface area contributed by atoms with Gasteiger partial charge in [-0.15, -0.1) is 0 Å². The Morgan fingerprint density at radius 1 is 0.607 bits per heavy atom. The molecule has 0 aromatic rings. The molecule has 162 valence electrons. The predicted octanol–water partition coefficient (Wildman–Crippen LogP) is 4.36. The molecule has 0 aromatic carbocycles. The zero-order valence-corrected chi connectivity index (χ0v) is 13.6. The fourth-order valence-corrected chi connectivity index (χ4v) is 1.21. The summed E-state index contributed by atoms with van der Waals surface area (Å²) >= 11 is 0. The highest BCUT2D eigenvalue weighted by molar-refractivity contribution is 6.29. The van der Waals surface area contributed by atoms with Crippen LogP contribution in [0.1, 0.15) is 12.8 Å². The van der Waals surface area contributed by atoms with Gasteiger partial charge in [-0.1, -0.05) is 12.2 Å². The lowest BCUT2D eigenvalue weighted by atomic mass is 10.2. The third-order valence-electron chi connectivity index (χ3n) is 2.61. The number of ether oxygens (including phenoxy) is 2. The highest BCUT2D eigenvalue weighted by Crippen LogP contribution is 2.37. The molecule has 0 bridgehead atoms. The van der Waals surface area contributed by atoms with Gasteiger partial charge in [-0.05, 0) is 25.0 Å². The van der Waals surface area contributed by atoms with Crippen LogP contribution in [0.4, 0.5) is 43.9 Å². The summed E-state index contributed by atoms with van der Waals surface area (Å²) in [6.45, 7) is -1.51. The van der Waals surface area contributed by atoms with E-state index in [0.717, 1.165) is 0 Å². The van der Waals surface area contributed by atoms with Gasteiger partial charge in [0.2, 0.25) is 0 Å². The van der Waals surface area contributed by atoms with Crippen LogP contribution in [0.15, 0.2) is 24.3 Å². The van der Waals surface area contributed by atoms with Crippen molar-refractivity contribution < 1.29 is 63.0 Å². The van der Waals surface area contributed by atoms with E-state index in [1.807, 2.05) is 0 Å². The topological polar surface area (TPSA) is 52.6 Å². The van der Waals surface area contributed by atoms with Gasteiger partial charge in [-0.2, -0.15) is 43.9 Å². The summed E-state index contributed by atoms with van der Waals surface area (Å²) in [4.78, 5) is 22.2. The normalized spacial score (nSPS) is 13.9. The molecule has 0 aromatic heterocycles. The van der Waals surface area contributed by atoms with Crippen molar-refractivity contribution in [1.82, 2.24) is 0 Å². The molecule has 0 radical (unpaired) electrons. The monoisotopic (exact) mass is 434 g/mol. The van der Waals surface area contributed by atoms with Crippen molar-refractivity contribution >= 4 is 11.9 Å². The second-order valence-corrected chi connectivity index (χ2v) is 4.90. The molecule has 0 saturated heterocycles. The first kappa shape index (κ1) is 25.7. The van der Waals surface area contributed by atoms with Crippen molar-refractivity contribution in [3.8, 4) is 0 Å². The van der Waals surface area contributed by atoms with Gasteiger partial charge in [0.05, 0.1) is 13.2 Å². The molecule has 0 amide bonds. The Balaban J connectivity index is 4.18. The first-order valence-electron chi connectivity index (χ1n) is 7.09. The molecule has 0 unspecified atom stereocenters. The number of rotatable bonds is 8. The van der Waals surface area contributed by atoms with Crippen molar-refractivity contribution in [3.63, 3.8) is 0 Å². The molecule has 0 aliphatic rings. The molecular weight excluding hydrogens is 422 g/mol. The Kier molecular flexibility index (Phi) is 8.98. The van der Waals surface area contributed by atoms with E-state index in [4.69, 9.17) is 0 Å². The van der Waals surface area contributed by atoms with E-state index in [1.54, 1.807) is 0 Å². The van der Waals surface area contributed by atoms with Crippen LogP contribution in [0.25, 0.3) is 0 Å². The van der Waals surface area contributed by atoms with Crippen LogP contribution >= 0.6 is 0 Å². The summed E-state index contributed by atoms with van der Waals surface area (Å²) in [6, 6.07) is 0. The van der Waals surface area contributed by atoms with Crippen LogP contribution in [0, 0.1) is 0 Å². The van der Waals surface area contributed by atoms with E-state index in [0.29, 0.717) is 12.2 Å². The molecule has 0 aliphatic heterocycles. The van der Waals surface area contributed by atoms with Gasteiger partial charge in [0, 0.05) is 0 Å². The minimum Gasteiger partial charge on any atom is -0.457 e. The molecule has 4 nitrogen and oxygen atoms in total. The first-order chi connectivity index (χ1) is 12.5. The zero-order valence-electron chi connectivity index (χ0n) is 13.6. The van der Waals surface area contributed by atoms with Crippen LogP contribution in [0.2, 0.25) is 0 Å². The van der Waals surface area contributed by atoms with Crippen LogP contribution in [0.5, 0.6) is 0 Å². The third-order valence-corrected chi connectivity index (χ3v) is 2.61. The highest BCUT2D eigenvalue weighted by atomic mass is 19.4. The van der Waals surface area contributed by atoms with Gasteiger partial charge < -0.3 is 9.47 Å². The van der Waals surface area contributed by atoms with Crippen molar-refractivity contribution in [1.29, 1.82) is 0 Å². The second kappa shape index (κ2) is 9.78. The van der Waals surface area contributed by atoms with E-state index in [-0.39, 0.29) is 0 Å². The molecule has 0 N–H and O–H groups in total. The molecule has 0 fully saturated rings. The molecule has 0 aliphatic carbocycles. The summed E-state index contributed by atoms with van der Waals surface area (Å²) in [7, 11) is 0. The molecule has 0 saturated carbocycles. The summed E-state index contributed by atoms with van der Waals surface area (Å²) in [6.07, 6.45) is -13.0. The summed E-state index contributed by atoms with van der Waals surface area (Å²) in [5.74, 6) is -13.5. The Hall–Kier alpha value is -2.28. The number of allylic oxidation sites excluding steroid dienone is 2. The number of carbonyl (C=O) groups is 2.